The van der Waals surface area contributed by atoms with E-state index in [0.29, 0.717) is 17.2 Å². The van der Waals surface area contributed by atoms with Crippen molar-refractivity contribution in [1.82, 2.24) is 4.98 Å². The molecule has 7 heteroatoms. The van der Waals surface area contributed by atoms with Crippen LogP contribution in [0, 0.1) is 12.9 Å². The van der Waals surface area contributed by atoms with Gasteiger partial charge in [-0.25, -0.2) is 4.98 Å². The molecule has 3 rings (SSSR count). The molecule has 1 amide bonds. The van der Waals surface area contributed by atoms with Gasteiger partial charge in [0, 0.05) is 15.7 Å². The number of nitrogens with zero attached hydrogens (tertiary/aromatic N) is 1. The van der Waals surface area contributed by atoms with Crippen molar-refractivity contribution < 1.29 is 13.9 Å². The molecule has 0 unspecified atom stereocenters. The van der Waals surface area contributed by atoms with Crippen molar-refractivity contribution in [3.63, 3.8) is 0 Å². The van der Waals surface area contributed by atoms with Crippen molar-refractivity contribution >= 4 is 33.3 Å². The molecule has 0 aliphatic heterocycles. The molecule has 3 N–H and O–H groups in total. The molecule has 0 atom stereocenters. The summed E-state index contributed by atoms with van der Waals surface area (Å²) in [5, 5.41) is 2.70. The number of rotatable bonds is 4. The summed E-state index contributed by atoms with van der Waals surface area (Å²) in [6, 6.07) is 15.7. The molecule has 0 aliphatic carbocycles. The van der Waals surface area contributed by atoms with Crippen molar-refractivity contribution in [3.05, 3.63) is 76.1 Å². The minimum atomic E-state index is -0.687. The second kappa shape index (κ2) is 7.53. The largest absolute Gasteiger partial charge is 0.457 e. The van der Waals surface area contributed by atoms with Gasteiger partial charge in [-0.2, -0.15) is 4.39 Å². The van der Waals surface area contributed by atoms with Crippen LogP contribution in [-0.2, 0) is 0 Å². The van der Waals surface area contributed by atoms with E-state index in [1.54, 1.807) is 24.3 Å². The van der Waals surface area contributed by atoms with Gasteiger partial charge in [-0.05, 0) is 55.5 Å². The zero-order valence-corrected chi connectivity index (χ0v) is 15.4. The summed E-state index contributed by atoms with van der Waals surface area (Å²) in [7, 11) is 0. The molecule has 1 heterocycles. The molecule has 2 aromatic carbocycles. The lowest BCUT2D eigenvalue weighted by molar-refractivity contribution is 0.102. The normalized spacial score (nSPS) is 10.4. The highest BCUT2D eigenvalue weighted by Gasteiger charge is 2.14. The van der Waals surface area contributed by atoms with Gasteiger partial charge in [0.1, 0.15) is 17.3 Å². The van der Waals surface area contributed by atoms with E-state index in [-0.39, 0.29) is 16.9 Å². The van der Waals surface area contributed by atoms with Crippen LogP contribution in [0.2, 0.25) is 0 Å². The highest BCUT2D eigenvalue weighted by Crippen LogP contribution is 2.25. The highest BCUT2D eigenvalue weighted by atomic mass is 79.9. The van der Waals surface area contributed by atoms with Crippen LogP contribution in [-0.4, -0.2) is 10.9 Å². The van der Waals surface area contributed by atoms with Crippen molar-refractivity contribution in [2.75, 3.05) is 11.1 Å². The van der Waals surface area contributed by atoms with Gasteiger partial charge < -0.3 is 15.8 Å². The summed E-state index contributed by atoms with van der Waals surface area (Å²) in [5.41, 5.74) is 6.56. The average Bonchev–Trinajstić information content (AvgIpc) is 2.60. The van der Waals surface area contributed by atoms with Gasteiger partial charge in [-0.3, -0.25) is 4.79 Å². The second-order valence-electron chi connectivity index (χ2n) is 5.57. The molecule has 0 aliphatic rings. The minimum absolute atomic E-state index is 0.123. The Morgan fingerprint density at radius 2 is 1.88 bits per heavy atom. The van der Waals surface area contributed by atoms with Gasteiger partial charge >= 0.3 is 0 Å². The molecule has 0 fully saturated rings. The summed E-state index contributed by atoms with van der Waals surface area (Å²) in [4.78, 5) is 15.9. The Kier molecular flexibility index (Phi) is 5.18. The Morgan fingerprint density at radius 1 is 1.15 bits per heavy atom. The van der Waals surface area contributed by atoms with Gasteiger partial charge in [0.05, 0.1) is 5.56 Å². The number of carbonyl (C=O) groups excluding carboxylic acids is 1. The number of benzene rings is 2. The van der Waals surface area contributed by atoms with Crippen molar-refractivity contribution in [2.24, 2.45) is 0 Å². The predicted molar refractivity (Wildman–Crippen MR) is 102 cm³/mol. The molecular weight excluding hydrogens is 401 g/mol. The molecule has 1 aromatic heterocycles. The van der Waals surface area contributed by atoms with E-state index in [9.17, 15) is 9.18 Å². The molecule has 0 saturated heterocycles. The number of aromatic nitrogens is 1. The van der Waals surface area contributed by atoms with E-state index in [2.05, 4.69) is 26.2 Å². The highest BCUT2D eigenvalue weighted by molar-refractivity contribution is 9.10. The number of halogens is 2. The van der Waals surface area contributed by atoms with Gasteiger partial charge in [-0.1, -0.05) is 22.0 Å². The standard InChI is InChI=1S/C19H15BrFN3O2/c1-11-9-16(18(22)24-17(11)21)19(25)23-13-5-7-14(8-6-13)26-15-4-2-3-12(20)10-15/h2-10H,1H3,(H2,22,24)(H,23,25). The lowest BCUT2D eigenvalue weighted by Crippen LogP contribution is -2.16. The zero-order chi connectivity index (χ0) is 18.7. The third kappa shape index (κ3) is 4.18. The number of carbonyl (C=O) groups is 1. The SMILES string of the molecule is Cc1cc(C(=O)Nc2ccc(Oc3cccc(Br)c3)cc2)c(N)nc1F. The molecule has 0 spiro atoms. The Hall–Kier alpha value is -2.93. The molecule has 0 saturated carbocycles. The number of pyridine rings is 1. The van der Waals surface area contributed by atoms with Crippen LogP contribution in [0.1, 0.15) is 15.9 Å². The number of anilines is 2. The average molecular weight is 416 g/mol. The first-order chi connectivity index (χ1) is 12.4. The third-order valence-corrected chi connectivity index (χ3v) is 4.06. The first-order valence-corrected chi connectivity index (χ1v) is 8.49. The monoisotopic (exact) mass is 415 g/mol. The van der Waals surface area contributed by atoms with Crippen LogP contribution in [0.5, 0.6) is 11.5 Å². The van der Waals surface area contributed by atoms with Gasteiger partial charge in [-0.15, -0.1) is 0 Å². The number of hydrogen-bond donors (Lipinski definition) is 2. The van der Waals surface area contributed by atoms with Gasteiger partial charge in [0.25, 0.3) is 5.91 Å². The predicted octanol–water partition coefficient (Wildman–Crippen LogP) is 4.92. The zero-order valence-electron chi connectivity index (χ0n) is 13.8. The summed E-state index contributed by atoms with van der Waals surface area (Å²) in [6.45, 7) is 1.52. The maximum absolute atomic E-state index is 13.4. The third-order valence-electron chi connectivity index (χ3n) is 3.57. The lowest BCUT2D eigenvalue weighted by atomic mass is 10.1. The van der Waals surface area contributed by atoms with Crippen LogP contribution in [0.3, 0.4) is 0 Å². The first kappa shape index (κ1) is 17.9. The Labute approximate surface area is 158 Å². The van der Waals surface area contributed by atoms with Crippen LogP contribution in [0.25, 0.3) is 0 Å². The fraction of sp³-hybridized carbons (Fsp3) is 0.0526. The van der Waals surface area contributed by atoms with Crippen LogP contribution < -0.4 is 15.8 Å². The summed E-state index contributed by atoms with van der Waals surface area (Å²) in [5.74, 6) is 0.0174. The van der Waals surface area contributed by atoms with Crippen LogP contribution in [0.15, 0.2) is 59.1 Å². The van der Waals surface area contributed by atoms with E-state index < -0.39 is 11.9 Å². The van der Waals surface area contributed by atoms with Crippen molar-refractivity contribution in [2.45, 2.75) is 6.92 Å². The lowest BCUT2D eigenvalue weighted by Gasteiger charge is -2.10. The number of nitrogen functional groups attached to an aromatic ring is 1. The number of amides is 1. The molecule has 0 radical (unpaired) electrons. The molecular formula is C19H15BrFN3O2. The van der Waals surface area contributed by atoms with E-state index >= 15 is 0 Å². The molecule has 26 heavy (non-hydrogen) atoms. The molecule has 0 bridgehead atoms. The number of nitrogens with one attached hydrogen (secondary N) is 1. The first-order valence-electron chi connectivity index (χ1n) is 7.70. The smallest absolute Gasteiger partial charge is 0.259 e. The fourth-order valence-electron chi connectivity index (χ4n) is 2.26. The Balaban J connectivity index is 1.71. The summed E-state index contributed by atoms with van der Waals surface area (Å²) < 4.78 is 20.0. The number of ether oxygens (including phenoxy) is 1. The fourth-order valence-corrected chi connectivity index (χ4v) is 2.64. The minimum Gasteiger partial charge on any atom is -0.457 e. The summed E-state index contributed by atoms with van der Waals surface area (Å²) in [6.07, 6.45) is 0. The van der Waals surface area contributed by atoms with Crippen LogP contribution >= 0.6 is 15.9 Å². The van der Waals surface area contributed by atoms with Gasteiger partial charge in [0.2, 0.25) is 5.95 Å². The van der Waals surface area contributed by atoms with Crippen molar-refractivity contribution in [3.8, 4) is 11.5 Å². The van der Waals surface area contributed by atoms with E-state index in [4.69, 9.17) is 10.5 Å². The maximum Gasteiger partial charge on any atom is 0.259 e. The van der Waals surface area contributed by atoms with Crippen LogP contribution in [0.4, 0.5) is 15.9 Å². The molecule has 3 aromatic rings. The van der Waals surface area contributed by atoms with E-state index in [0.717, 1.165) is 4.47 Å². The quantitative estimate of drug-likeness (QED) is 0.592. The molecule has 132 valence electrons. The maximum atomic E-state index is 13.4. The molecule has 5 nitrogen and oxygen atoms in total. The topological polar surface area (TPSA) is 77.2 Å². The van der Waals surface area contributed by atoms with E-state index in [1.165, 1.54) is 13.0 Å². The number of hydrogen-bond acceptors (Lipinski definition) is 4. The summed E-state index contributed by atoms with van der Waals surface area (Å²) >= 11 is 3.39. The number of aryl methyl sites for hydroxylation is 1. The van der Waals surface area contributed by atoms with E-state index in [1.807, 2.05) is 24.3 Å². The number of nitrogens with two attached hydrogens (primary N) is 1. The second-order valence-corrected chi connectivity index (χ2v) is 6.48. The van der Waals surface area contributed by atoms with Crippen molar-refractivity contribution in [1.29, 1.82) is 0 Å². The Bertz CT molecular complexity index is 961. The van der Waals surface area contributed by atoms with Gasteiger partial charge in [0.15, 0.2) is 0 Å². The Morgan fingerprint density at radius 3 is 2.58 bits per heavy atom.